The topological polar surface area (TPSA) is 70.3 Å². The van der Waals surface area contributed by atoms with Crippen LogP contribution in [0.5, 0.6) is 11.5 Å². The summed E-state index contributed by atoms with van der Waals surface area (Å²) in [6.45, 7) is 4.01. The number of anilines is 1. The molecule has 0 fully saturated rings. The molecular formula is C18H17N3O2. The van der Waals surface area contributed by atoms with Crippen molar-refractivity contribution in [3.63, 3.8) is 0 Å². The second-order valence-electron chi connectivity index (χ2n) is 5.95. The molecule has 1 aliphatic heterocycles. The van der Waals surface area contributed by atoms with E-state index in [-0.39, 0.29) is 17.7 Å². The van der Waals surface area contributed by atoms with Gasteiger partial charge in [-0.1, -0.05) is 11.6 Å². The van der Waals surface area contributed by atoms with Crippen LogP contribution in [0.2, 0.25) is 0 Å². The van der Waals surface area contributed by atoms with Gasteiger partial charge < -0.3 is 15.5 Å². The van der Waals surface area contributed by atoms with Crippen LogP contribution in [-0.4, -0.2) is 20.0 Å². The number of nitrogens with one attached hydrogen (secondary N) is 1. The number of hydrogen-bond acceptors (Lipinski definition) is 4. The summed E-state index contributed by atoms with van der Waals surface area (Å²) in [5.41, 5.74) is 5.87. The SMILES string of the molecule is Cc1ccc2c(c1)-c1cc(C)nn1C(c1ccc(O)cc1O)N2. The Morgan fingerprint density at radius 1 is 1.04 bits per heavy atom. The van der Waals surface area contributed by atoms with Gasteiger partial charge in [0.05, 0.1) is 11.4 Å². The normalized spacial score (nSPS) is 15.7. The predicted octanol–water partition coefficient (Wildman–Crippen LogP) is 3.55. The Morgan fingerprint density at radius 3 is 2.65 bits per heavy atom. The minimum absolute atomic E-state index is 0.0370. The van der Waals surface area contributed by atoms with Crippen LogP contribution in [0, 0.1) is 13.8 Å². The second-order valence-corrected chi connectivity index (χ2v) is 5.95. The number of benzene rings is 2. The Kier molecular flexibility index (Phi) is 2.84. The van der Waals surface area contributed by atoms with E-state index in [4.69, 9.17) is 0 Å². The Balaban J connectivity index is 1.92. The van der Waals surface area contributed by atoms with Gasteiger partial charge in [0.15, 0.2) is 6.17 Å². The molecule has 5 nitrogen and oxygen atoms in total. The average molecular weight is 307 g/mol. The van der Waals surface area contributed by atoms with Crippen LogP contribution in [0.25, 0.3) is 11.3 Å². The minimum atomic E-state index is -0.325. The van der Waals surface area contributed by atoms with Gasteiger partial charge in [0.25, 0.3) is 0 Å². The molecule has 1 atom stereocenters. The molecule has 0 bridgehead atoms. The van der Waals surface area contributed by atoms with Gasteiger partial charge in [-0.25, -0.2) is 4.68 Å². The Bertz CT molecular complexity index is 915. The van der Waals surface area contributed by atoms with Crippen molar-refractivity contribution in [2.45, 2.75) is 20.0 Å². The second kappa shape index (κ2) is 4.78. The van der Waals surface area contributed by atoms with Crippen molar-refractivity contribution in [1.29, 1.82) is 0 Å². The lowest BCUT2D eigenvalue weighted by atomic mass is 10.0. The summed E-state index contributed by atoms with van der Waals surface area (Å²) in [6, 6.07) is 12.9. The van der Waals surface area contributed by atoms with E-state index in [0.29, 0.717) is 5.56 Å². The first-order valence-corrected chi connectivity index (χ1v) is 7.48. The molecule has 1 unspecified atom stereocenters. The molecule has 116 valence electrons. The molecule has 1 aliphatic rings. The van der Waals surface area contributed by atoms with Gasteiger partial charge in [0.2, 0.25) is 0 Å². The van der Waals surface area contributed by atoms with E-state index in [0.717, 1.165) is 22.6 Å². The lowest BCUT2D eigenvalue weighted by Crippen LogP contribution is -2.25. The fraction of sp³-hybridized carbons (Fsp3) is 0.167. The quantitative estimate of drug-likeness (QED) is 0.643. The van der Waals surface area contributed by atoms with E-state index in [2.05, 4.69) is 29.5 Å². The summed E-state index contributed by atoms with van der Waals surface area (Å²) in [4.78, 5) is 0. The number of nitrogens with zero attached hydrogens (tertiary/aromatic N) is 2. The van der Waals surface area contributed by atoms with Crippen molar-refractivity contribution in [2.24, 2.45) is 0 Å². The maximum absolute atomic E-state index is 10.2. The maximum Gasteiger partial charge on any atom is 0.150 e. The van der Waals surface area contributed by atoms with Crippen LogP contribution >= 0.6 is 0 Å². The highest BCUT2D eigenvalue weighted by molar-refractivity contribution is 5.79. The lowest BCUT2D eigenvalue weighted by Gasteiger charge is -2.29. The zero-order valence-electron chi connectivity index (χ0n) is 12.9. The third-order valence-electron chi connectivity index (χ3n) is 4.15. The predicted molar refractivity (Wildman–Crippen MR) is 88.7 cm³/mol. The standard InChI is InChI=1S/C18H17N3O2/c1-10-3-6-15-14(7-10)16-8-11(2)20-21(16)18(19-15)13-5-4-12(22)9-17(13)23/h3-9,18-19,22-23H,1-2H3. The smallest absolute Gasteiger partial charge is 0.150 e. The average Bonchev–Trinajstić information content (AvgIpc) is 2.89. The first kappa shape index (κ1) is 13.7. The number of aromatic nitrogens is 2. The molecule has 0 amide bonds. The minimum Gasteiger partial charge on any atom is -0.508 e. The molecule has 0 aliphatic carbocycles. The van der Waals surface area contributed by atoms with Crippen molar-refractivity contribution in [3.8, 4) is 22.8 Å². The number of hydrogen-bond donors (Lipinski definition) is 3. The number of aromatic hydroxyl groups is 2. The van der Waals surface area contributed by atoms with Crippen LogP contribution in [0.3, 0.4) is 0 Å². The fourth-order valence-electron chi connectivity index (χ4n) is 3.09. The third kappa shape index (κ3) is 2.12. The first-order chi connectivity index (χ1) is 11.0. The number of phenolic OH excluding ortho intramolecular Hbond substituents is 2. The van der Waals surface area contributed by atoms with Gasteiger partial charge in [-0.3, -0.25) is 0 Å². The van der Waals surface area contributed by atoms with Crippen molar-refractivity contribution in [3.05, 3.63) is 59.3 Å². The molecule has 0 saturated carbocycles. The van der Waals surface area contributed by atoms with Crippen LogP contribution in [-0.2, 0) is 0 Å². The van der Waals surface area contributed by atoms with E-state index in [9.17, 15) is 10.2 Å². The summed E-state index contributed by atoms with van der Waals surface area (Å²) in [5.74, 6) is 0.0760. The van der Waals surface area contributed by atoms with Crippen LogP contribution in [0.15, 0.2) is 42.5 Å². The molecule has 2 aromatic carbocycles. The highest BCUT2D eigenvalue weighted by Gasteiger charge is 2.28. The van der Waals surface area contributed by atoms with Gasteiger partial charge in [-0.05, 0) is 44.2 Å². The molecule has 3 aromatic rings. The molecule has 0 spiro atoms. The maximum atomic E-state index is 10.2. The van der Waals surface area contributed by atoms with E-state index in [1.165, 1.54) is 11.6 Å². The molecule has 1 aromatic heterocycles. The van der Waals surface area contributed by atoms with Crippen molar-refractivity contribution < 1.29 is 10.2 Å². The zero-order chi connectivity index (χ0) is 16.1. The molecule has 5 heteroatoms. The van der Waals surface area contributed by atoms with Gasteiger partial charge in [0, 0.05) is 22.9 Å². The number of aryl methyl sites for hydroxylation is 2. The Labute approximate surface area is 133 Å². The fourth-order valence-corrected chi connectivity index (χ4v) is 3.09. The molecule has 0 radical (unpaired) electrons. The van der Waals surface area contributed by atoms with E-state index < -0.39 is 0 Å². The molecule has 2 heterocycles. The van der Waals surface area contributed by atoms with E-state index in [1.54, 1.807) is 12.1 Å². The van der Waals surface area contributed by atoms with Crippen LogP contribution in [0.1, 0.15) is 23.0 Å². The lowest BCUT2D eigenvalue weighted by molar-refractivity contribution is 0.436. The monoisotopic (exact) mass is 307 g/mol. The highest BCUT2D eigenvalue weighted by Crippen LogP contribution is 2.41. The van der Waals surface area contributed by atoms with Gasteiger partial charge in [0.1, 0.15) is 11.5 Å². The van der Waals surface area contributed by atoms with Crippen LogP contribution in [0.4, 0.5) is 5.69 Å². The number of rotatable bonds is 1. The first-order valence-electron chi connectivity index (χ1n) is 7.48. The highest BCUT2D eigenvalue weighted by atomic mass is 16.3. The van der Waals surface area contributed by atoms with Crippen molar-refractivity contribution in [1.82, 2.24) is 9.78 Å². The zero-order valence-corrected chi connectivity index (χ0v) is 12.9. The number of fused-ring (bicyclic) bond motifs is 3. The van der Waals surface area contributed by atoms with Crippen LogP contribution < -0.4 is 5.32 Å². The Hall–Kier alpha value is -2.95. The van der Waals surface area contributed by atoms with Crippen molar-refractivity contribution >= 4 is 5.69 Å². The largest absolute Gasteiger partial charge is 0.508 e. The van der Waals surface area contributed by atoms with E-state index in [1.807, 2.05) is 23.7 Å². The van der Waals surface area contributed by atoms with Gasteiger partial charge in [-0.15, -0.1) is 0 Å². The summed E-state index contributed by atoms with van der Waals surface area (Å²) in [6.07, 6.45) is -0.325. The van der Waals surface area contributed by atoms with Gasteiger partial charge >= 0.3 is 0 Å². The molecule has 4 rings (SSSR count). The molecule has 23 heavy (non-hydrogen) atoms. The van der Waals surface area contributed by atoms with Gasteiger partial charge in [-0.2, -0.15) is 5.10 Å². The molecule has 0 saturated heterocycles. The third-order valence-corrected chi connectivity index (χ3v) is 4.15. The molecule has 3 N–H and O–H groups in total. The Morgan fingerprint density at radius 2 is 1.87 bits per heavy atom. The van der Waals surface area contributed by atoms with Crippen molar-refractivity contribution in [2.75, 3.05) is 5.32 Å². The summed E-state index contributed by atoms with van der Waals surface area (Å²) in [5, 5.41) is 27.8. The number of phenols is 2. The molecular weight excluding hydrogens is 290 g/mol. The summed E-state index contributed by atoms with van der Waals surface area (Å²) in [7, 11) is 0. The van der Waals surface area contributed by atoms with E-state index >= 15 is 0 Å². The summed E-state index contributed by atoms with van der Waals surface area (Å²) >= 11 is 0. The summed E-state index contributed by atoms with van der Waals surface area (Å²) < 4.78 is 1.88.